The van der Waals surface area contributed by atoms with Gasteiger partial charge in [-0.1, -0.05) is 23.7 Å². The van der Waals surface area contributed by atoms with Crippen molar-refractivity contribution in [3.8, 4) is 11.5 Å². The summed E-state index contributed by atoms with van der Waals surface area (Å²) < 4.78 is 10.5. The van der Waals surface area contributed by atoms with Crippen LogP contribution < -0.4 is 14.4 Å². The minimum atomic E-state index is -0.00408. The van der Waals surface area contributed by atoms with E-state index in [-0.39, 0.29) is 5.91 Å². The second-order valence-electron chi connectivity index (χ2n) is 6.24. The monoisotopic (exact) mass is 386 g/mol. The predicted molar refractivity (Wildman–Crippen MR) is 109 cm³/mol. The molecule has 1 aliphatic rings. The number of hydrogen-bond donors (Lipinski definition) is 0. The number of piperazine rings is 1. The zero-order valence-electron chi connectivity index (χ0n) is 15.5. The van der Waals surface area contributed by atoms with Gasteiger partial charge in [-0.25, -0.2) is 0 Å². The predicted octanol–water partition coefficient (Wildman–Crippen LogP) is 3.72. The van der Waals surface area contributed by atoms with Crippen LogP contribution in [0.2, 0.25) is 5.02 Å². The van der Waals surface area contributed by atoms with Gasteiger partial charge in [0.15, 0.2) is 0 Å². The molecule has 0 radical (unpaired) electrons. The Labute approximate surface area is 164 Å². The van der Waals surface area contributed by atoms with Crippen LogP contribution in [0.15, 0.2) is 48.5 Å². The Morgan fingerprint density at radius 2 is 1.63 bits per heavy atom. The smallest absolute Gasteiger partial charge is 0.246 e. The van der Waals surface area contributed by atoms with E-state index in [2.05, 4.69) is 4.90 Å². The molecule has 3 rings (SSSR count). The van der Waals surface area contributed by atoms with Crippen LogP contribution in [-0.4, -0.2) is 51.2 Å². The first-order chi connectivity index (χ1) is 13.1. The first-order valence-corrected chi connectivity index (χ1v) is 9.18. The summed E-state index contributed by atoms with van der Waals surface area (Å²) in [5, 5.41) is 0.740. The molecule has 0 aromatic heterocycles. The van der Waals surface area contributed by atoms with E-state index in [4.69, 9.17) is 21.1 Å². The molecule has 2 aromatic rings. The number of nitrogens with zero attached hydrogens (tertiary/aromatic N) is 2. The van der Waals surface area contributed by atoms with Crippen molar-refractivity contribution < 1.29 is 14.3 Å². The Balaban J connectivity index is 1.61. The van der Waals surface area contributed by atoms with Crippen molar-refractivity contribution >= 4 is 29.3 Å². The van der Waals surface area contributed by atoms with E-state index in [1.807, 2.05) is 41.3 Å². The van der Waals surface area contributed by atoms with Gasteiger partial charge >= 0.3 is 0 Å². The normalized spacial score (nSPS) is 14.5. The highest BCUT2D eigenvalue weighted by atomic mass is 35.5. The highest BCUT2D eigenvalue weighted by molar-refractivity contribution is 6.33. The number of anilines is 1. The number of amides is 1. The Hall–Kier alpha value is -2.66. The molecule has 1 fully saturated rings. The van der Waals surface area contributed by atoms with Crippen LogP contribution in [-0.2, 0) is 4.79 Å². The molecule has 1 saturated heterocycles. The van der Waals surface area contributed by atoms with Crippen molar-refractivity contribution in [1.29, 1.82) is 0 Å². The van der Waals surface area contributed by atoms with Crippen LogP contribution in [0.3, 0.4) is 0 Å². The van der Waals surface area contributed by atoms with Crippen molar-refractivity contribution in [3.63, 3.8) is 0 Å². The molecule has 2 aromatic carbocycles. The van der Waals surface area contributed by atoms with Crippen molar-refractivity contribution in [2.45, 2.75) is 0 Å². The lowest BCUT2D eigenvalue weighted by molar-refractivity contribution is -0.126. The third-order valence-corrected chi connectivity index (χ3v) is 4.90. The van der Waals surface area contributed by atoms with Crippen molar-refractivity contribution in [1.82, 2.24) is 4.90 Å². The summed E-state index contributed by atoms with van der Waals surface area (Å²) >= 11 is 6.27. The zero-order valence-corrected chi connectivity index (χ0v) is 16.3. The average molecular weight is 387 g/mol. The summed E-state index contributed by atoms with van der Waals surface area (Å²) in [6.07, 6.45) is 3.38. The van der Waals surface area contributed by atoms with E-state index >= 15 is 0 Å². The summed E-state index contributed by atoms with van der Waals surface area (Å²) in [6.45, 7) is 2.85. The number of hydrogen-bond acceptors (Lipinski definition) is 4. The number of para-hydroxylation sites is 1. The van der Waals surface area contributed by atoms with E-state index in [9.17, 15) is 4.79 Å². The third kappa shape index (κ3) is 4.74. The molecule has 0 spiro atoms. The van der Waals surface area contributed by atoms with Gasteiger partial charge < -0.3 is 19.3 Å². The summed E-state index contributed by atoms with van der Waals surface area (Å²) in [7, 11) is 3.21. The van der Waals surface area contributed by atoms with Gasteiger partial charge in [-0.3, -0.25) is 4.79 Å². The molecule has 5 nitrogen and oxygen atoms in total. The molecule has 6 heteroatoms. The SMILES string of the molecule is COc1cc(/C=C/C(=O)N2CCN(c3ccccc3Cl)CC2)cc(OC)c1. The Morgan fingerprint density at radius 3 is 2.22 bits per heavy atom. The number of ether oxygens (including phenoxy) is 2. The summed E-state index contributed by atoms with van der Waals surface area (Å²) in [6, 6.07) is 13.3. The molecule has 27 heavy (non-hydrogen) atoms. The molecule has 142 valence electrons. The molecular weight excluding hydrogens is 364 g/mol. The number of benzene rings is 2. The summed E-state index contributed by atoms with van der Waals surface area (Å²) in [5.41, 5.74) is 1.87. The summed E-state index contributed by atoms with van der Waals surface area (Å²) in [5.74, 6) is 1.38. The van der Waals surface area contributed by atoms with E-state index in [0.29, 0.717) is 24.6 Å². The lowest BCUT2D eigenvalue weighted by Gasteiger charge is -2.36. The van der Waals surface area contributed by atoms with E-state index in [1.165, 1.54) is 0 Å². The Bertz CT molecular complexity index is 808. The second kappa shape index (κ2) is 8.82. The van der Waals surface area contributed by atoms with Gasteiger partial charge in [0.05, 0.1) is 24.9 Å². The van der Waals surface area contributed by atoms with E-state index in [0.717, 1.165) is 29.4 Å². The van der Waals surface area contributed by atoms with Crippen molar-refractivity contribution in [3.05, 3.63) is 59.1 Å². The van der Waals surface area contributed by atoms with E-state index in [1.54, 1.807) is 32.4 Å². The van der Waals surface area contributed by atoms with Gasteiger partial charge in [-0.2, -0.15) is 0 Å². The molecular formula is C21H23ClN2O3. The molecule has 0 aliphatic carbocycles. The Kier molecular flexibility index (Phi) is 6.24. The molecule has 0 bridgehead atoms. The lowest BCUT2D eigenvalue weighted by atomic mass is 10.1. The first kappa shape index (κ1) is 19.1. The quantitative estimate of drug-likeness (QED) is 0.734. The average Bonchev–Trinajstić information content (AvgIpc) is 2.72. The van der Waals surface area contributed by atoms with Crippen LogP contribution in [0.5, 0.6) is 11.5 Å². The maximum Gasteiger partial charge on any atom is 0.246 e. The van der Waals surface area contributed by atoms with Crippen LogP contribution >= 0.6 is 11.6 Å². The molecule has 0 atom stereocenters. The van der Waals surface area contributed by atoms with Crippen molar-refractivity contribution in [2.24, 2.45) is 0 Å². The highest BCUT2D eigenvalue weighted by Gasteiger charge is 2.20. The standard InChI is InChI=1S/C21H23ClN2O3/c1-26-17-13-16(14-18(15-17)27-2)7-8-21(25)24-11-9-23(10-12-24)20-6-4-3-5-19(20)22/h3-8,13-15H,9-12H2,1-2H3/b8-7+. The third-order valence-electron chi connectivity index (χ3n) is 4.58. The number of carbonyl (C=O) groups excluding carboxylic acids is 1. The minimum absolute atomic E-state index is 0.00408. The van der Waals surface area contributed by atoms with Gasteiger partial charge in [0.25, 0.3) is 0 Å². The zero-order chi connectivity index (χ0) is 19.2. The van der Waals surface area contributed by atoms with Gasteiger partial charge in [-0.05, 0) is 35.9 Å². The second-order valence-corrected chi connectivity index (χ2v) is 6.65. The fourth-order valence-electron chi connectivity index (χ4n) is 3.07. The van der Waals surface area contributed by atoms with Crippen LogP contribution in [0.4, 0.5) is 5.69 Å². The van der Waals surface area contributed by atoms with Crippen LogP contribution in [0.1, 0.15) is 5.56 Å². The fourth-order valence-corrected chi connectivity index (χ4v) is 3.33. The number of carbonyl (C=O) groups is 1. The molecule has 0 unspecified atom stereocenters. The number of methoxy groups -OCH3 is 2. The minimum Gasteiger partial charge on any atom is -0.497 e. The molecule has 0 saturated carbocycles. The topological polar surface area (TPSA) is 42.0 Å². The number of halogens is 1. The molecule has 1 aliphatic heterocycles. The maximum absolute atomic E-state index is 12.5. The lowest BCUT2D eigenvalue weighted by Crippen LogP contribution is -2.48. The van der Waals surface area contributed by atoms with Gasteiger partial charge in [0, 0.05) is 38.3 Å². The highest BCUT2D eigenvalue weighted by Crippen LogP contribution is 2.26. The van der Waals surface area contributed by atoms with Gasteiger partial charge in [0.1, 0.15) is 11.5 Å². The maximum atomic E-state index is 12.5. The Morgan fingerprint density at radius 1 is 1.00 bits per heavy atom. The van der Waals surface area contributed by atoms with Crippen LogP contribution in [0.25, 0.3) is 6.08 Å². The summed E-state index contributed by atoms with van der Waals surface area (Å²) in [4.78, 5) is 16.6. The van der Waals surface area contributed by atoms with Gasteiger partial charge in [-0.15, -0.1) is 0 Å². The van der Waals surface area contributed by atoms with Crippen LogP contribution in [0, 0.1) is 0 Å². The number of rotatable bonds is 5. The first-order valence-electron chi connectivity index (χ1n) is 8.80. The van der Waals surface area contributed by atoms with Crippen molar-refractivity contribution in [2.75, 3.05) is 45.3 Å². The molecule has 0 N–H and O–H groups in total. The van der Waals surface area contributed by atoms with Gasteiger partial charge in [0.2, 0.25) is 5.91 Å². The molecule has 1 heterocycles. The molecule has 1 amide bonds. The van der Waals surface area contributed by atoms with E-state index < -0.39 is 0 Å². The largest absolute Gasteiger partial charge is 0.497 e. The fraction of sp³-hybridized carbons (Fsp3) is 0.286.